The van der Waals surface area contributed by atoms with Crippen LogP contribution in [-0.4, -0.2) is 104 Å². The van der Waals surface area contributed by atoms with Gasteiger partial charge in [-0.15, -0.1) is 0 Å². The number of unbranched alkanes of at least 4 members (excludes halogenated alkanes) is 1. The fourth-order valence-electron chi connectivity index (χ4n) is 6.80. The van der Waals surface area contributed by atoms with E-state index in [2.05, 4.69) is 0 Å². The summed E-state index contributed by atoms with van der Waals surface area (Å²) in [6.07, 6.45) is 1.62. The number of carbonyl (C=O) groups excluding carboxylic acids is 3. The van der Waals surface area contributed by atoms with Gasteiger partial charge in [0.05, 0.1) is 16.5 Å². The molecule has 0 radical (unpaired) electrons. The molecule has 4 rings (SSSR count). The molecule has 17 nitrogen and oxygen atoms in total. The lowest BCUT2D eigenvalue weighted by Crippen LogP contribution is -2.65. The van der Waals surface area contributed by atoms with E-state index in [0.717, 1.165) is 12.8 Å². The van der Waals surface area contributed by atoms with Gasteiger partial charge in [-0.1, -0.05) is 27.2 Å². The Bertz CT molecular complexity index is 1660. The van der Waals surface area contributed by atoms with E-state index < -0.39 is 84.8 Å². The van der Waals surface area contributed by atoms with Gasteiger partial charge >= 0.3 is 16.1 Å². The van der Waals surface area contributed by atoms with Gasteiger partial charge in [0.2, 0.25) is 11.5 Å². The van der Waals surface area contributed by atoms with E-state index in [1.165, 1.54) is 25.1 Å². The predicted octanol–water partition coefficient (Wildman–Crippen LogP) is 1.48. The Morgan fingerprint density at radius 3 is 2.23 bits per heavy atom. The van der Waals surface area contributed by atoms with Gasteiger partial charge in [0.1, 0.15) is 17.1 Å². The summed E-state index contributed by atoms with van der Waals surface area (Å²) in [5.41, 5.74) is 1.21. The van der Waals surface area contributed by atoms with Crippen molar-refractivity contribution in [1.82, 2.24) is 4.90 Å². The summed E-state index contributed by atoms with van der Waals surface area (Å²) >= 11 is 0. The Labute approximate surface area is 270 Å². The minimum atomic E-state index is -4.67. The van der Waals surface area contributed by atoms with Crippen molar-refractivity contribution in [2.24, 2.45) is 23.5 Å². The Morgan fingerprint density at radius 2 is 1.77 bits per heavy atom. The van der Waals surface area contributed by atoms with E-state index in [1.807, 2.05) is 25.7 Å². The number of fused-ring (bicyclic) bond motifs is 3. The van der Waals surface area contributed by atoms with Gasteiger partial charge < -0.3 is 31.1 Å². The molecular weight excluding hydrogens is 644 g/mol. The maximum atomic E-state index is 14.1. The number of Topliss-reactive ketones (excluding diaryl/α,β-unsaturated/α-hetero) is 2. The van der Waals surface area contributed by atoms with Crippen LogP contribution in [0.4, 0.5) is 11.4 Å². The van der Waals surface area contributed by atoms with Crippen LogP contribution in [0, 0.1) is 27.9 Å². The highest BCUT2D eigenvalue weighted by atomic mass is 32.3. The maximum Gasteiger partial charge on any atom is 0.394 e. The van der Waals surface area contributed by atoms with Crippen molar-refractivity contribution in [3.05, 3.63) is 44.2 Å². The highest BCUT2D eigenvalue weighted by Crippen LogP contribution is 2.55. The lowest BCUT2D eigenvalue weighted by Gasteiger charge is -2.50. The third-order valence-electron chi connectivity index (χ3n) is 8.58. The van der Waals surface area contributed by atoms with Crippen molar-refractivity contribution in [3.8, 4) is 5.75 Å². The first kappa shape index (κ1) is 37.4. The van der Waals surface area contributed by atoms with Crippen LogP contribution in [0.5, 0.6) is 5.75 Å². The Hall–Kier alpha value is -4.10. The molecule has 0 spiro atoms. The lowest BCUT2D eigenvalue weighted by molar-refractivity contribution is -0.385. The molecule has 18 heteroatoms. The average Bonchev–Trinajstić information content (AvgIpc) is 2.91. The summed E-state index contributed by atoms with van der Waals surface area (Å²) in [6.45, 7) is 7.09. The number of hydrogen-bond acceptors (Lipinski definition) is 13. The van der Waals surface area contributed by atoms with E-state index in [4.69, 9.17) is 23.3 Å². The first-order chi connectivity index (χ1) is 21.6. The fourth-order valence-corrected chi connectivity index (χ4v) is 6.80. The molecular formula is C29H40N4O13S. The zero-order valence-corrected chi connectivity index (χ0v) is 27.3. The predicted molar refractivity (Wildman–Crippen MR) is 167 cm³/mol. The molecule has 0 aromatic heterocycles. The minimum Gasteiger partial charge on any atom is -0.508 e. The molecule has 0 aliphatic heterocycles. The number of aliphatic hydroxyl groups excluding tert-OH is 2. The van der Waals surface area contributed by atoms with Crippen LogP contribution < -0.4 is 10.6 Å². The van der Waals surface area contributed by atoms with Crippen LogP contribution in [0.3, 0.4) is 0 Å². The highest BCUT2D eigenvalue weighted by molar-refractivity contribution is 7.79. The van der Waals surface area contributed by atoms with Gasteiger partial charge in [-0.3, -0.25) is 38.5 Å². The second kappa shape index (κ2) is 13.6. The molecule has 8 N–H and O–H groups in total. The number of nitro benzene ring substituents is 1. The number of nitrogens with zero attached hydrogens (tertiary/aromatic N) is 3. The number of amides is 1. The normalized spacial score (nSPS) is 24.0. The Balaban J connectivity index is 0.00000111. The molecule has 1 amide bonds. The van der Waals surface area contributed by atoms with Gasteiger partial charge in [0.25, 0.3) is 5.91 Å². The quantitative estimate of drug-likeness (QED) is 0.0839. The molecule has 47 heavy (non-hydrogen) atoms. The van der Waals surface area contributed by atoms with Gasteiger partial charge in [-0.05, 0) is 50.8 Å². The number of benzene rings is 1. The number of ketones is 2. The van der Waals surface area contributed by atoms with E-state index >= 15 is 0 Å². The average molecular weight is 685 g/mol. The van der Waals surface area contributed by atoms with Crippen molar-refractivity contribution in [3.63, 3.8) is 0 Å². The zero-order valence-electron chi connectivity index (χ0n) is 26.5. The number of carbonyl (C=O) groups is 3. The molecule has 4 atom stereocenters. The molecule has 1 fully saturated rings. The number of aromatic hydroxyl groups is 1. The SMILES string of the molecule is CCCCN(CC(C)C)c1cc([N+](=O)[O-])c(O)c2c1CC1CC3[C@H](N(C)C)C(=O)C(C(N)=O)=C(O)[C@@]3(O)C(=O)C1=C2O.O=S(=O)(O)O. The smallest absolute Gasteiger partial charge is 0.394 e. The number of phenols is 1. The first-order valence-electron chi connectivity index (χ1n) is 14.7. The Morgan fingerprint density at radius 1 is 1.19 bits per heavy atom. The van der Waals surface area contributed by atoms with Crippen molar-refractivity contribution in [2.45, 2.75) is 58.1 Å². The van der Waals surface area contributed by atoms with Crippen LogP contribution in [0.25, 0.3) is 5.76 Å². The third-order valence-corrected chi connectivity index (χ3v) is 8.58. The third kappa shape index (κ3) is 6.96. The monoisotopic (exact) mass is 684 g/mol. The summed E-state index contributed by atoms with van der Waals surface area (Å²) in [6, 6.07) is 0.0838. The van der Waals surface area contributed by atoms with Crippen LogP contribution in [0.15, 0.2) is 23.0 Å². The van der Waals surface area contributed by atoms with Crippen molar-refractivity contribution >= 4 is 45.0 Å². The van der Waals surface area contributed by atoms with Gasteiger partial charge in [-0.25, -0.2) is 0 Å². The number of likely N-dealkylation sites (N-methyl/N-ethyl adjacent to an activating group) is 1. The maximum absolute atomic E-state index is 14.1. The molecule has 0 saturated heterocycles. The number of anilines is 1. The molecule has 1 saturated carbocycles. The van der Waals surface area contributed by atoms with E-state index in [9.17, 15) is 44.9 Å². The number of nitrogens with two attached hydrogens (primary N) is 1. The van der Waals surface area contributed by atoms with E-state index in [0.29, 0.717) is 24.3 Å². The molecule has 0 bridgehead atoms. The minimum absolute atomic E-state index is 0.0517. The largest absolute Gasteiger partial charge is 0.508 e. The number of primary amides is 1. The number of hydrogen-bond donors (Lipinski definition) is 7. The fraction of sp³-hybridized carbons (Fsp3) is 0.552. The molecule has 2 unspecified atom stereocenters. The van der Waals surface area contributed by atoms with E-state index in [1.54, 1.807) is 0 Å². The lowest BCUT2D eigenvalue weighted by atomic mass is 9.57. The van der Waals surface area contributed by atoms with E-state index in [-0.39, 0.29) is 29.9 Å². The van der Waals surface area contributed by atoms with Crippen LogP contribution in [0.1, 0.15) is 51.2 Å². The molecule has 3 aliphatic rings. The first-order valence-corrected chi connectivity index (χ1v) is 16.1. The van der Waals surface area contributed by atoms with Crippen LogP contribution in [0.2, 0.25) is 0 Å². The Kier molecular flexibility index (Phi) is 10.8. The number of aliphatic hydroxyl groups is 3. The summed E-state index contributed by atoms with van der Waals surface area (Å²) in [5, 5.41) is 57.3. The molecule has 3 aliphatic carbocycles. The second-order valence-corrected chi connectivity index (χ2v) is 13.4. The molecule has 0 heterocycles. The van der Waals surface area contributed by atoms with Crippen LogP contribution in [-0.2, 0) is 31.2 Å². The van der Waals surface area contributed by atoms with Crippen LogP contribution >= 0.6 is 0 Å². The highest BCUT2D eigenvalue weighted by Gasteiger charge is 2.64. The summed E-state index contributed by atoms with van der Waals surface area (Å²) in [7, 11) is -1.61. The molecule has 1 aromatic rings. The molecule has 260 valence electrons. The summed E-state index contributed by atoms with van der Waals surface area (Å²) in [5.74, 6) is -7.92. The topological polar surface area (TPSA) is 282 Å². The second-order valence-electron chi connectivity index (χ2n) is 12.5. The standard InChI is InChI=1S/C29H38N4O9.H2O4S/c1-6-7-8-32(12-13(2)3)17-11-18(33(41)42)23(34)20-15(17)9-14-10-16-22(31(4)5)25(36)21(28(30)39)27(38)29(16,40)26(37)19(14)24(20)35;1-5(2,3)4/h11,13-14,16,22,34-35,38,40H,6-10,12H2,1-5H3,(H2,30,39);(H2,1,2,3,4)/t14?,16?,22-,29-;/m0./s1. The zero-order chi connectivity index (χ0) is 35.9. The number of phenolic OH excluding ortho intramolecular Hbond substituents is 1. The van der Waals surface area contributed by atoms with Gasteiger partial charge in [-0.2, -0.15) is 8.42 Å². The number of nitro groups is 1. The molecule has 1 aromatic carbocycles. The van der Waals surface area contributed by atoms with Crippen molar-refractivity contribution in [2.75, 3.05) is 32.1 Å². The van der Waals surface area contributed by atoms with Crippen molar-refractivity contribution in [1.29, 1.82) is 0 Å². The number of rotatable bonds is 9. The summed E-state index contributed by atoms with van der Waals surface area (Å²) < 4.78 is 31.6. The van der Waals surface area contributed by atoms with Crippen molar-refractivity contribution < 1.29 is 57.3 Å². The summed E-state index contributed by atoms with van der Waals surface area (Å²) in [4.78, 5) is 54.1. The van der Waals surface area contributed by atoms with Gasteiger partial charge in [0.15, 0.2) is 11.4 Å². The van der Waals surface area contributed by atoms with Gasteiger partial charge in [0, 0.05) is 36.3 Å².